The van der Waals surface area contributed by atoms with Crippen molar-refractivity contribution in [3.8, 4) is 0 Å². The summed E-state index contributed by atoms with van der Waals surface area (Å²) in [4.78, 5) is 11.8. The third-order valence-electron chi connectivity index (χ3n) is 8.79. The van der Waals surface area contributed by atoms with Crippen molar-refractivity contribution in [3.63, 3.8) is 0 Å². The summed E-state index contributed by atoms with van der Waals surface area (Å²) in [5.74, 6) is 3.53. The van der Waals surface area contributed by atoms with E-state index in [4.69, 9.17) is 0 Å². The van der Waals surface area contributed by atoms with Crippen LogP contribution < -0.4 is 0 Å². The fraction of sp³-hybridized carbons (Fsp3) is 0.950. The van der Waals surface area contributed by atoms with Gasteiger partial charge in [0.05, 0.1) is 0 Å². The number of aldehydes is 1. The molecular formula is C20H32O. The van der Waals surface area contributed by atoms with E-state index in [2.05, 4.69) is 20.8 Å². The van der Waals surface area contributed by atoms with Crippen LogP contribution in [0.25, 0.3) is 0 Å². The van der Waals surface area contributed by atoms with Gasteiger partial charge in [-0.05, 0) is 85.9 Å². The van der Waals surface area contributed by atoms with Gasteiger partial charge < -0.3 is 4.79 Å². The van der Waals surface area contributed by atoms with Gasteiger partial charge in [0.1, 0.15) is 6.29 Å². The predicted octanol–water partition coefficient (Wildman–Crippen LogP) is 5.23. The Morgan fingerprint density at radius 2 is 1.76 bits per heavy atom. The molecule has 0 radical (unpaired) electrons. The Balaban J connectivity index is 1.73. The summed E-state index contributed by atoms with van der Waals surface area (Å²) in [5.41, 5.74) is 1.07. The van der Waals surface area contributed by atoms with E-state index in [-0.39, 0.29) is 5.41 Å². The maximum Gasteiger partial charge on any atom is 0.126 e. The molecule has 0 unspecified atom stereocenters. The van der Waals surface area contributed by atoms with E-state index < -0.39 is 0 Å². The molecule has 118 valence electrons. The molecule has 0 heterocycles. The molecule has 0 aromatic carbocycles. The van der Waals surface area contributed by atoms with Gasteiger partial charge in [0.15, 0.2) is 0 Å². The van der Waals surface area contributed by atoms with E-state index in [1.165, 1.54) is 57.7 Å². The summed E-state index contributed by atoms with van der Waals surface area (Å²) in [6.45, 7) is 7.35. The lowest BCUT2D eigenvalue weighted by molar-refractivity contribution is -0.157. The lowest BCUT2D eigenvalue weighted by atomic mass is 9.41. The molecule has 0 aromatic rings. The Morgan fingerprint density at radius 1 is 0.952 bits per heavy atom. The van der Waals surface area contributed by atoms with Crippen molar-refractivity contribution in [1.29, 1.82) is 0 Å². The molecule has 1 heteroatoms. The van der Waals surface area contributed by atoms with Gasteiger partial charge in [0, 0.05) is 5.41 Å². The first kappa shape index (κ1) is 14.3. The fourth-order valence-electron chi connectivity index (χ4n) is 7.98. The minimum Gasteiger partial charge on any atom is -0.303 e. The standard InChI is InChI=1S/C20H32O/c1-14-11-20-10-7-16-18(2,13-21)8-4-9-19(16,3)17(20)6-5-15(14)12-20/h13-17H,4-12H2,1-3H3/t14-,15+,16+,17-,18+,19+,20+/m1/s1. The Bertz CT molecular complexity index is 453. The summed E-state index contributed by atoms with van der Waals surface area (Å²) in [6.07, 6.45) is 13.8. The van der Waals surface area contributed by atoms with Crippen LogP contribution in [0.2, 0.25) is 0 Å². The summed E-state index contributed by atoms with van der Waals surface area (Å²) in [7, 11) is 0. The van der Waals surface area contributed by atoms with Gasteiger partial charge in [-0.15, -0.1) is 0 Å². The summed E-state index contributed by atoms with van der Waals surface area (Å²) >= 11 is 0. The molecule has 4 rings (SSSR count). The molecule has 4 saturated carbocycles. The number of carbonyl (C=O) groups is 1. The number of carbonyl (C=O) groups excluding carboxylic acids is 1. The normalized spacial score (nSPS) is 59.2. The summed E-state index contributed by atoms with van der Waals surface area (Å²) in [6, 6.07) is 0. The molecule has 4 aliphatic rings. The zero-order chi connectivity index (χ0) is 14.9. The van der Waals surface area contributed by atoms with Gasteiger partial charge in [0.2, 0.25) is 0 Å². The zero-order valence-electron chi connectivity index (χ0n) is 14.2. The van der Waals surface area contributed by atoms with Gasteiger partial charge >= 0.3 is 0 Å². The van der Waals surface area contributed by atoms with Crippen molar-refractivity contribution in [1.82, 2.24) is 0 Å². The van der Waals surface area contributed by atoms with Crippen LogP contribution in [-0.2, 0) is 4.79 Å². The minimum atomic E-state index is -0.0321. The Kier molecular flexibility index (Phi) is 2.96. The van der Waals surface area contributed by atoms with Gasteiger partial charge in [-0.2, -0.15) is 0 Å². The number of rotatable bonds is 1. The third-order valence-corrected chi connectivity index (χ3v) is 8.79. The lowest BCUT2D eigenvalue weighted by Crippen LogP contribution is -2.56. The maximum atomic E-state index is 11.8. The van der Waals surface area contributed by atoms with Gasteiger partial charge in [0.25, 0.3) is 0 Å². The summed E-state index contributed by atoms with van der Waals surface area (Å²) in [5, 5.41) is 0. The van der Waals surface area contributed by atoms with E-state index >= 15 is 0 Å². The molecule has 0 aromatic heterocycles. The second-order valence-electron chi connectivity index (χ2n) is 9.71. The number of fused-ring (bicyclic) bond motifs is 3. The average Bonchev–Trinajstić information content (AvgIpc) is 2.68. The predicted molar refractivity (Wildman–Crippen MR) is 85.9 cm³/mol. The average molecular weight is 288 g/mol. The van der Waals surface area contributed by atoms with Gasteiger partial charge in [-0.3, -0.25) is 0 Å². The van der Waals surface area contributed by atoms with Crippen LogP contribution in [0.15, 0.2) is 0 Å². The van der Waals surface area contributed by atoms with E-state index in [9.17, 15) is 4.79 Å². The number of hydrogen-bond donors (Lipinski definition) is 0. The fourth-order valence-corrected chi connectivity index (χ4v) is 7.98. The van der Waals surface area contributed by atoms with Gasteiger partial charge in [-0.25, -0.2) is 0 Å². The van der Waals surface area contributed by atoms with E-state index in [1.54, 1.807) is 0 Å². The first-order chi connectivity index (χ1) is 9.94. The van der Waals surface area contributed by atoms with E-state index in [1.807, 2.05) is 0 Å². The molecule has 2 bridgehead atoms. The molecule has 1 nitrogen and oxygen atoms in total. The third kappa shape index (κ3) is 1.72. The van der Waals surface area contributed by atoms with Crippen LogP contribution in [0.1, 0.15) is 78.6 Å². The topological polar surface area (TPSA) is 17.1 Å². The van der Waals surface area contributed by atoms with Crippen molar-refractivity contribution in [3.05, 3.63) is 0 Å². The minimum absolute atomic E-state index is 0.0321. The highest BCUT2D eigenvalue weighted by molar-refractivity contribution is 5.60. The Morgan fingerprint density at radius 3 is 2.52 bits per heavy atom. The van der Waals surface area contributed by atoms with Crippen LogP contribution >= 0.6 is 0 Å². The van der Waals surface area contributed by atoms with Crippen LogP contribution in [0, 0.1) is 39.9 Å². The van der Waals surface area contributed by atoms with Crippen LogP contribution in [0.4, 0.5) is 0 Å². The monoisotopic (exact) mass is 288 g/mol. The van der Waals surface area contributed by atoms with E-state index in [0.717, 1.165) is 24.2 Å². The second kappa shape index (κ2) is 4.36. The first-order valence-electron chi connectivity index (χ1n) is 9.40. The second-order valence-corrected chi connectivity index (χ2v) is 9.71. The highest BCUT2D eigenvalue weighted by Gasteiger charge is 2.64. The molecule has 0 N–H and O–H groups in total. The summed E-state index contributed by atoms with van der Waals surface area (Å²) < 4.78 is 0. The zero-order valence-corrected chi connectivity index (χ0v) is 14.2. The van der Waals surface area contributed by atoms with Crippen LogP contribution in [-0.4, -0.2) is 6.29 Å². The van der Waals surface area contributed by atoms with Gasteiger partial charge in [-0.1, -0.05) is 27.2 Å². The lowest BCUT2D eigenvalue weighted by Gasteiger charge is -2.63. The molecule has 21 heavy (non-hydrogen) atoms. The first-order valence-corrected chi connectivity index (χ1v) is 9.40. The molecule has 0 saturated heterocycles. The van der Waals surface area contributed by atoms with Crippen LogP contribution in [0.3, 0.4) is 0 Å². The van der Waals surface area contributed by atoms with E-state index in [0.29, 0.717) is 16.7 Å². The largest absolute Gasteiger partial charge is 0.303 e. The van der Waals surface area contributed by atoms with Crippen molar-refractivity contribution in [2.45, 2.75) is 78.6 Å². The highest BCUT2D eigenvalue weighted by atomic mass is 16.1. The Hall–Kier alpha value is -0.330. The van der Waals surface area contributed by atoms with Crippen molar-refractivity contribution >= 4 is 6.29 Å². The van der Waals surface area contributed by atoms with Crippen molar-refractivity contribution < 1.29 is 4.79 Å². The molecular weight excluding hydrogens is 256 g/mol. The molecule has 0 aliphatic heterocycles. The SMILES string of the molecule is C[C@@H]1C[C@]23CC[C@@H]4[C@](C)(CCC[C@@]4(C)C=O)[C@H]2CC[C@H]1C3. The maximum absolute atomic E-state index is 11.8. The van der Waals surface area contributed by atoms with Crippen molar-refractivity contribution in [2.75, 3.05) is 0 Å². The smallest absolute Gasteiger partial charge is 0.126 e. The molecule has 4 fully saturated rings. The quantitative estimate of drug-likeness (QED) is 0.603. The molecule has 7 atom stereocenters. The van der Waals surface area contributed by atoms with Crippen LogP contribution in [0.5, 0.6) is 0 Å². The molecule has 1 spiro atoms. The molecule has 4 aliphatic carbocycles. The van der Waals surface area contributed by atoms with Crippen molar-refractivity contribution in [2.24, 2.45) is 39.9 Å². The molecule has 0 amide bonds. The highest BCUT2D eigenvalue weighted by Crippen LogP contribution is 2.72. The number of hydrogen-bond acceptors (Lipinski definition) is 1. The Labute approximate surface area is 130 Å².